The van der Waals surface area contributed by atoms with Gasteiger partial charge in [-0.15, -0.1) is 0 Å². The third kappa shape index (κ3) is 4.56. The van der Waals surface area contributed by atoms with Gasteiger partial charge < -0.3 is 9.47 Å². The lowest BCUT2D eigenvalue weighted by Crippen LogP contribution is -2.33. The lowest BCUT2D eigenvalue weighted by Gasteiger charge is -2.29. The summed E-state index contributed by atoms with van der Waals surface area (Å²) in [6.45, 7) is 6.47. The number of hydrogen-bond donors (Lipinski definition) is 0. The average molecular weight is 477 g/mol. The minimum atomic E-state index is -1.11. The van der Waals surface area contributed by atoms with Gasteiger partial charge in [-0.2, -0.15) is 0 Å². The van der Waals surface area contributed by atoms with Crippen molar-refractivity contribution in [2.24, 2.45) is 0 Å². The number of ether oxygens (including phenoxy) is 2. The van der Waals surface area contributed by atoms with E-state index in [9.17, 15) is 10.1 Å². The Bertz CT molecular complexity index is 1180. The molecule has 0 saturated carbocycles. The lowest BCUT2D eigenvalue weighted by molar-refractivity contribution is -0.531. The highest BCUT2D eigenvalue weighted by Gasteiger charge is 2.55. The second kappa shape index (κ2) is 9.96. The quantitative estimate of drug-likeness (QED) is 0.282. The number of benzene rings is 3. The molecule has 0 radical (unpaired) electrons. The molecule has 35 heavy (non-hydrogen) atoms. The van der Waals surface area contributed by atoms with Crippen LogP contribution in [0.5, 0.6) is 11.5 Å². The van der Waals surface area contributed by atoms with E-state index < -0.39 is 18.2 Å². The van der Waals surface area contributed by atoms with Gasteiger partial charge in [0.2, 0.25) is 0 Å². The molecule has 0 unspecified atom stereocenters. The number of rotatable bonds is 8. The summed E-state index contributed by atoms with van der Waals surface area (Å²) in [5.74, 6) is 1.13. The van der Waals surface area contributed by atoms with Crippen LogP contribution in [-0.4, -0.2) is 25.2 Å². The fraction of sp³-hybridized carbons (Fsp3) is 0.357. The first-order valence-electron chi connectivity index (χ1n) is 11.8. The van der Waals surface area contributed by atoms with Crippen molar-refractivity contribution in [2.75, 3.05) is 19.3 Å². The Morgan fingerprint density at radius 1 is 0.943 bits per heavy atom. The maximum Gasteiger partial charge on any atom is 0.272 e. The summed E-state index contributed by atoms with van der Waals surface area (Å²) in [7, 11) is 3.14. The summed E-state index contributed by atoms with van der Waals surface area (Å²) in [6.07, 6.45) is 0.0593. The topological polar surface area (TPSA) is 74.1 Å². The van der Waals surface area contributed by atoms with Crippen LogP contribution in [0, 0.1) is 10.1 Å². The van der Waals surface area contributed by atoms with Gasteiger partial charge in [0, 0.05) is 16.1 Å². The Morgan fingerprint density at radius 3 is 2.20 bits per heavy atom. The summed E-state index contributed by atoms with van der Waals surface area (Å²) in [4.78, 5) is 18.9. The van der Waals surface area contributed by atoms with E-state index in [0.717, 1.165) is 23.2 Å². The molecule has 4 rings (SSSR count). The van der Waals surface area contributed by atoms with Crippen molar-refractivity contribution in [2.45, 2.75) is 50.8 Å². The van der Waals surface area contributed by atoms with E-state index in [4.69, 9.17) is 14.3 Å². The predicted octanol–water partition coefficient (Wildman–Crippen LogP) is 6.27. The number of nitrogens with zero attached hydrogens (tertiary/aromatic N) is 2. The fourth-order valence-electron chi connectivity index (χ4n) is 4.62. The normalized spacial score (nSPS) is 20.0. The van der Waals surface area contributed by atoms with Crippen LogP contribution in [0.2, 0.25) is 0 Å². The van der Waals surface area contributed by atoms with Crippen LogP contribution in [0.1, 0.15) is 56.0 Å². The second-order valence-corrected chi connectivity index (χ2v) is 9.34. The van der Waals surface area contributed by atoms with Crippen LogP contribution < -0.4 is 14.5 Å². The first kappa shape index (κ1) is 24.5. The minimum Gasteiger partial charge on any atom is -0.496 e. The molecule has 7 nitrogen and oxygen atoms in total. The predicted molar refractivity (Wildman–Crippen MR) is 136 cm³/mol. The molecule has 7 heteroatoms. The Kier molecular flexibility index (Phi) is 6.98. The monoisotopic (exact) mass is 476 g/mol. The molecule has 1 heterocycles. The Hall–Kier alpha value is -3.58. The standard InChI is InChI=1S/C28H32N2O5/c1-6-28(2,3)19-16-17-24(34-5)22(18-19)25-26(30(31)32)27(21-14-10-11-15-23(21)33-4)35-29(25)20-12-8-7-9-13-20/h7-18,25-27H,6H2,1-5H3/t25-,26-,27+/m1/s1. The molecule has 0 amide bonds. The summed E-state index contributed by atoms with van der Waals surface area (Å²) in [5, 5.41) is 14.4. The molecule has 0 bridgehead atoms. The highest BCUT2D eigenvalue weighted by molar-refractivity contribution is 5.53. The highest BCUT2D eigenvalue weighted by atomic mass is 16.7. The van der Waals surface area contributed by atoms with Crippen LogP contribution >= 0.6 is 0 Å². The van der Waals surface area contributed by atoms with Crippen molar-refractivity contribution in [3.8, 4) is 11.5 Å². The molecule has 3 aromatic rings. The van der Waals surface area contributed by atoms with Crippen LogP contribution in [0.3, 0.4) is 0 Å². The Morgan fingerprint density at radius 2 is 1.57 bits per heavy atom. The highest BCUT2D eigenvalue weighted by Crippen LogP contribution is 2.50. The Balaban J connectivity index is 1.95. The van der Waals surface area contributed by atoms with Crippen LogP contribution in [0.4, 0.5) is 5.69 Å². The SMILES string of the molecule is CCC(C)(C)c1ccc(OC)c([C@@H]2[C@@H]([N+](=O)[O-])[C@H](c3ccccc3OC)ON2c2ccccc2)c1. The number of hydrogen-bond acceptors (Lipinski definition) is 6. The zero-order chi connectivity index (χ0) is 25.2. The molecule has 1 fully saturated rings. The molecule has 0 aliphatic carbocycles. The van der Waals surface area contributed by atoms with Crippen LogP contribution in [0.25, 0.3) is 0 Å². The molecular formula is C28H32N2O5. The van der Waals surface area contributed by atoms with E-state index in [1.54, 1.807) is 25.3 Å². The van der Waals surface area contributed by atoms with Gasteiger partial charge in [-0.3, -0.25) is 15.0 Å². The van der Waals surface area contributed by atoms with Gasteiger partial charge in [-0.25, -0.2) is 5.06 Å². The average Bonchev–Trinajstić information content (AvgIpc) is 3.29. The van der Waals surface area contributed by atoms with Gasteiger partial charge >= 0.3 is 0 Å². The van der Waals surface area contributed by atoms with E-state index in [-0.39, 0.29) is 10.3 Å². The van der Waals surface area contributed by atoms with E-state index >= 15 is 0 Å². The molecule has 0 N–H and O–H groups in total. The third-order valence-corrected chi connectivity index (χ3v) is 7.03. The molecule has 184 valence electrons. The van der Waals surface area contributed by atoms with E-state index in [1.165, 1.54) is 0 Å². The van der Waals surface area contributed by atoms with Crippen LogP contribution in [-0.2, 0) is 10.3 Å². The fourth-order valence-corrected chi connectivity index (χ4v) is 4.62. The lowest BCUT2D eigenvalue weighted by atomic mass is 9.80. The molecule has 1 aliphatic heterocycles. The van der Waals surface area contributed by atoms with Crippen LogP contribution in [0.15, 0.2) is 72.8 Å². The number of methoxy groups -OCH3 is 2. The molecule has 3 aromatic carbocycles. The number of hydroxylamine groups is 1. The summed E-state index contributed by atoms with van der Waals surface area (Å²) in [6, 6.07) is 20.9. The molecule has 3 atom stereocenters. The van der Waals surface area contributed by atoms with Crippen molar-refractivity contribution in [3.05, 3.63) is 99.6 Å². The number of nitro groups is 1. The second-order valence-electron chi connectivity index (χ2n) is 9.34. The number of para-hydroxylation sites is 2. The maximum atomic E-state index is 12.7. The first-order chi connectivity index (χ1) is 16.8. The summed E-state index contributed by atoms with van der Waals surface area (Å²) in [5.41, 5.74) is 3.05. The Labute approximate surface area is 206 Å². The maximum absolute atomic E-state index is 12.7. The van der Waals surface area contributed by atoms with Gasteiger partial charge in [0.05, 0.1) is 19.9 Å². The van der Waals surface area contributed by atoms with Crippen molar-refractivity contribution < 1.29 is 19.2 Å². The summed E-state index contributed by atoms with van der Waals surface area (Å²) >= 11 is 0. The zero-order valence-corrected chi connectivity index (χ0v) is 20.8. The largest absolute Gasteiger partial charge is 0.496 e. The molecular weight excluding hydrogens is 444 g/mol. The molecule has 1 aliphatic rings. The van der Waals surface area contributed by atoms with Gasteiger partial charge in [0.1, 0.15) is 11.5 Å². The van der Waals surface area contributed by atoms with E-state index in [1.807, 2.05) is 66.7 Å². The number of anilines is 1. The van der Waals surface area contributed by atoms with E-state index in [2.05, 4.69) is 20.8 Å². The summed E-state index contributed by atoms with van der Waals surface area (Å²) < 4.78 is 11.3. The smallest absolute Gasteiger partial charge is 0.272 e. The van der Waals surface area contributed by atoms with Gasteiger partial charge in [0.15, 0.2) is 12.1 Å². The minimum absolute atomic E-state index is 0.107. The third-order valence-electron chi connectivity index (χ3n) is 7.03. The van der Waals surface area contributed by atoms with E-state index in [0.29, 0.717) is 17.1 Å². The van der Waals surface area contributed by atoms with Crippen molar-refractivity contribution in [1.82, 2.24) is 0 Å². The first-order valence-corrected chi connectivity index (χ1v) is 11.8. The van der Waals surface area contributed by atoms with Crippen molar-refractivity contribution in [3.63, 3.8) is 0 Å². The van der Waals surface area contributed by atoms with Crippen molar-refractivity contribution in [1.29, 1.82) is 0 Å². The molecule has 1 saturated heterocycles. The van der Waals surface area contributed by atoms with Gasteiger partial charge in [-0.1, -0.05) is 63.2 Å². The zero-order valence-electron chi connectivity index (χ0n) is 20.8. The molecule has 0 aromatic heterocycles. The van der Waals surface area contributed by atoms with Gasteiger partial charge in [-0.05, 0) is 47.7 Å². The molecule has 0 spiro atoms. The van der Waals surface area contributed by atoms with Gasteiger partial charge in [0.25, 0.3) is 6.04 Å². The van der Waals surface area contributed by atoms with Crippen molar-refractivity contribution >= 4 is 5.69 Å².